The zero-order chi connectivity index (χ0) is 17.1. The van der Waals surface area contributed by atoms with Crippen LogP contribution < -0.4 is 10.2 Å². The molecule has 25 heavy (non-hydrogen) atoms. The number of hydrogen-bond donors (Lipinski definition) is 2. The van der Waals surface area contributed by atoms with E-state index in [0.29, 0.717) is 0 Å². The van der Waals surface area contributed by atoms with Gasteiger partial charge in [0.1, 0.15) is 5.82 Å². The fourth-order valence-corrected chi connectivity index (χ4v) is 3.43. The van der Waals surface area contributed by atoms with E-state index in [-0.39, 0.29) is 0 Å². The van der Waals surface area contributed by atoms with Crippen molar-refractivity contribution in [3.8, 4) is 0 Å². The number of nitrogens with zero attached hydrogens (tertiary/aromatic N) is 3. The van der Waals surface area contributed by atoms with Crippen LogP contribution in [0.3, 0.4) is 0 Å². The highest BCUT2D eigenvalue weighted by Crippen LogP contribution is 2.27. The van der Waals surface area contributed by atoms with E-state index in [4.69, 9.17) is 0 Å². The van der Waals surface area contributed by atoms with Gasteiger partial charge in [-0.15, -0.1) is 0 Å². The van der Waals surface area contributed by atoms with Crippen LogP contribution in [0.25, 0.3) is 11.0 Å². The lowest BCUT2D eigenvalue weighted by molar-refractivity contribution is 0.740. The van der Waals surface area contributed by atoms with E-state index in [1.807, 2.05) is 25.2 Å². The van der Waals surface area contributed by atoms with Gasteiger partial charge in [0.25, 0.3) is 0 Å². The second-order valence-electron chi connectivity index (χ2n) is 6.31. The maximum atomic E-state index is 4.63. The number of H-pyrrole nitrogens is 1. The summed E-state index contributed by atoms with van der Waals surface area (Å²) in [4.78, 5) is 14.7. The number of anilines is 1. The number of aromatic nitrogens is 2. The molecule has 0 amide bonds. The summed E-state index contributed by atoms with van der Waals surface area (Å²) in [6.45, 7) is 1.87. The molecule has 2 heterocycles. The molecule has 1 aromatic heterocycles. The van der Waals surface area contributed by atoms with E-state index >= 15 is 0 Å². The van der Waals surface area contributed by atoms with E-state index in [2.05, 4.69) is 55.5 Å². The predicted molar refractivity (Wildman–Crippen MR) is 103 cm³/mol. The Morgan fingerprint density at radius 2 is 2.04 bits per heavy atom. The molecule has 0 saturated carbocycles. The van der Waals surface area contributed by atoms with Gasteiger partial charge in [-0.2, -0.15) is 0 Å². The van der Waals surface area contributed by atoms with Crippen LogP contribution in [0.15, 0.2) is 53.5 Å². The summed E-state index contributed by atoms with van der Waals surface area (Å²) in [7, 11) is 1.85. The van der Waals surface area contributed by atoms with Crippen LogP contribution in [0.1, 0.15) is 17.8 Å². The third-order valence-corrected chi connectivity index (χ3v) is 4.67. The van der Waals surface area contributed by atoms with Crippen molar-refractivity contribution in [1.82, 2.24) is 15.3 Å². The van der Waals surface area contributed by atoms with Crippen molar-refractivity contribution in [2.75, 3.05) is 25.0 Å². The maximum absolute atomic E-state index is 4.63. The first-order chi connectivity index (χ1) is 12.3. The van der Waals surface area contributed by atoms with Crippen LogP contribution in [0.5, 0.6) is 0 Å². The van der Waals surface area contributed by atoms with E-state index in [1.54, 1.807) is 0 Å². The monoisotopic (exact) mass is 333 g/mol. The fraction of sp³-hybridized carbons (Fsp3) is 0.300. The Morgan fingerprint density at radius 3 is 2.92 bits per heavy atom. The normalized spacial score (nSPS) is 14.1. The quantitative estimate of drug-likeness (QED) is 0.438. The first kappa shape index (κ1) is 15.7. The number of fused-ring (bicyclic) bond motifs is 2. The van der Waals surface area contributed by atoms with Crippen molar-refractivity contribution in [3.05, 3.63) is 59.9 Å². The molecule has 0 aliphatic carbocycles. The standard InChI is InChI=1S/C20H23N5/c1-21-20(25-14-12-15-7-2-5-10-18(15)25)22-13-6-11-19-23-16-8-3-4-9-17(16)24-19/h2-5,7-10H,6,11-14H2,1H3,(H,21,22)(H,23,24). The molecule has 3 aromatic rings. The highest BCUT2D eigenvalue weighted by atomic mass is 15.3. The SMILES string of the molecule is CN=C(NCCCc1nc2ccccc2[nH]1)N1CCc2ccccc21. The second-order valence-corrected chi connectivity index (χ2v) is 6.31. The van der Waals surface area contributed by atoms with Crippen molar-refractivity contribution in [3.63, 3.8) is 0 Å². The van der Waals surface area contributed by atoms with Crippen molar-refractivity contribution in [2.24, 2.45) is 4.99 Å². The summed E-state index contributed by atoms with van der Waals surface area (Å²) in [6, 6.07) is 16.7. The summed E-state index contributed by atoms with van der Waals surface area (Å²) < 4.78 is 0. The highest BCUT2D eigenvalue weighted by Gasteiger charge is 2.21. The molecule has 5 heteroatoms. The molecular formula is C20H23N5. The molecule has 0 radical (unpaired) electrons. The summed E-state index contributed by atoms with van der Waals surface area (Å²) in [5.74, 6) is 2.00. The molecule has 0 spiro atoms. The van der Waals surface area contributed by atoms with Crippen LogP contribution in [0.4, 0.5) is 5.69 Å². The van der Waals surface area contributed by atoms with Crippen LogP contribution in [-0.2, 0) is 12.8 Å². The van der Waals surface area contributed by atoms with Crippen LogP contribution >= 0.6 is 0 Å². The summed E-state index contributed by atoms with van der Waals surface area (Å²) in [5, 5.41) is 3.49. The number of aliphatic imine (C=N–C) groups is 1. The number of aryl methyl sites for hydroxylation is 1. The third-order valence-electron chi connectivity index (χ3n) is 4.67. The molecule has 0 unspecified atom stereocenters. The van der Waals surface area contributed by atoms with Crippen LogP contribution in [0, 0.1) is 0 Å². The molecule has 128 valence electrons. The van der Waals surface area contributed by atoms with Gasteiger partial charge in [0, 0.05) is 32.2 Å². The van der Waals surface area contributed by atoms with Gasteiger partial charge >= 0.3 is 0 Å². The fourth-order valence-electron chi connectivity index (χ4n) is 3.43. The van der Waals surface area contributed by atoms with Crippen molar-refractivity contribution in [2.45, 2.75) is 19.3 Å². The molecule has 0 bridgehead atoms. The molecule has 2 N–H and O–H groups in total. The zero-order valence-corrected chi connectivity index (χ0v) is 14.5. The first-order valence-electron chi connectivity index (χ1n) is 8.85. The number of hydrogen-bond acceptors (Lipinski definition) is 2. The number of nitrogens with one attached hydrogen (secondary N) is 2. The number of para-hydroxylation sites is 3. The Bertz CT molecular complexity index is 863. The van der Waals surface area contributed by atoms with Gasteiger partial charge in [-0.1, -0.05) is 30.3 Å². The Balaban J connectivity index is 1.33. The van der Waals surface area contributed by atoms with Gasteiger partial charge in [0.2, 0.25) is 0 Å². The van der Waals surface area contributed by atoms with Gasteiger partial charge in [0.15, 0.2) is 5.96 Å². The minimum absolute atomic E-state index is 0.877. The molecule has 1 aliphatic rings. The smallest absolute Gasteiger partial charge is 0.198 e. The lowest BCUT2D eigenvalue weighted by atomic mass is 10.2. The topological polar surface area (TPSA) is 56.3 Å². The molecule has 5 nitrogen and oxygen atoms in total. The zero-order valence-electron chi connectivity index (χ0n) is 14.5. The Hall–Kier alpha value is -2.82. The average molecular weight is 333 g/mol. The summed E-state index contributed by atoms with van der Waals surface area (Å²) >= 11 is 0. The van der Waals surface area contributed by atoms with E-state index in [1.165, 1.54) is 11.3 Å². The molecule has 0 atom stereocenters. The number of guanidine groups is 1. The van der Waals surface area contributed by atoms with E-state index in [0.717, 1.165) is 55.2 Å². The van der Waals surface area contributed by atoms with Crippen molar-refractivity contribution in [1.29, 1.82) is 0 Å². The molecule has 0 fully saturated rings. The van der Waals surface area contributed by atoms with Gasteiger partial charge in [-0.05, 0) is 36.6 Å². The maximum Gasteiger partial charge on any atom is 0.198 e. The van der Waals surface area contributed by atoms with Gasteiger partial charge in [0.05, 0.1) is 11.0 Å². The number of imidazole rings is 1. The van der Waals surface area contributed by atoms with Crippen LogP contribution in [-0.4, -0.2) is 36.1 Å². The average Bonchev–Trinajstić information content (AvgIpc) is 3.25. The van der Waals surface area contributed by atoms with Gasteiger partial charge < -0.3 is 15.2 Å². The first-order valence-corrected chi connectivity index (χ1v) is 8.85. The lowest BCUT2D eigenvalue weighted by Gasteiger charge is -2.22. The highest BCUT2D eigenvalue weighted by molar-refractivity contribution is 5.97. The summed E-state index contributed by atoms with van der Waals surface area (Å²) in [5.41, 5.74) is 4.81. The summed E-state index contributed by atoms with van der Waals surface area (Å²) in [6.07, 6.45) is 3.01. The third kappa shape index (κ3) is 3.22. The van der Waals surface area contributed by atoms with Crippen molar-refractivity contribution < 1.29 is 0 Å². The minimum Gasteiger partial charge on any atom is -0.356 e. The lowest BCUT2D eigenvalue weighted by Crippen LogP contribution is -2.41. The Labute approximate surface area is 147 Å². The number of aromatic amines is 1. The van der Waals surface area contributed by atoms with E-state index < -0.39 is 0 Å². The molecule has 1 aliphatic heterocycles. The Morgan fingerprint density at radius 1 is 1.20 bits per heavy atom. The minimum atomic E-state index is 0.877. The van der Waals surface area contributed by atoms with E-state index in [9.17, 15) is 0 Å². The van der Waals surface area contributed by atoms with Gasteiger partial charge in [-0.25, -0.2) is 4.98 Å². The predicted octanol–water partition coefficient (Wildman–Crippen LogP) is 3.13. The van der Waals surface area contributed by atoms with Crippen molar-refractivity contribution >= 4 is 22.7 Å². The molecule has 4 rings (SSSR count). The van der Waals surface area contributed by atoms with Crippen LogP contribution in [0.2, 0.25) is 0 Å². The number of rotatable bonds is 4. The molecule has 0 saturated heterocycles. The van der Waals surface area contributed by atoms with Gasteiger partial charge in [-0.3, -0.25) is 4.99 Å². The second kappa shape index (κ2) is 6.97. The molecule has 2 aromatic carbocycles. The Kier molecular flexibility index (Phi) is 4.37. The molecular weight excluding hydrogens is 310 g/mol. The number of benzene rings is 2. The largest absolute Gasteiger partial charge is 0.356 e.